The Kier molecular flexibility index (Phi) is 3.78. The topological polar surface area (TPSA) is 91.5 Å². The fraction of sp³-hybridized carbons (Fsp3) is 0.500. The van der Waals surface area contributed by atoms with E-state index in [9.17, 15) is 9.59 Å². The summed E-state index contributed by atoms with van der Waals surface area (Å²) >= 11 is 0. The lowest BCUT2D eigenvalue weighted by molar-refractivity contribution is 0.0471. The number of carbonyl (C=O) groups excluding carboxylic acids is 2. The van der Waals surface area contributed by atoms with Crippen molar-refractivity contribution in [2.45, 2.75) is 13.8 Å². The standard InChI is InChI=1S/C8H10N2O5/c1-3-13-7(11)5-6(10-15-9-5)8(12)14-4-2/h3-4H2,1-2H3. The van der Waals surface area contributed by atoms with Gasteiger partial charge in [-0.15, -0.1) is 0 Å². The number of ether oxygens (including phenoxy) is 2. The highest BCUT2D eigenvalue weighted by molar-refractivity contribution is 5.99. The van der Waals surface area contributed by atoms with Gasteiger partial charge in [0.25, 0.3) is 0 Å². The zero-order valence-electron chi connectivity index (χ0n) is 8.35. The Morgan fingerprint density at radius 1 is 1.07 bits per heavy atom. The van der Waals surface area contributed by atoms with Crippen molar-refractivity contribution in [3.63, 3.8) is 0 Å². The van der Waals surface area contributed by atoms with Gasteiger partial charge in [0.05, 0.1) is 13.2 Å². The number of hydrogen-bond donors (Lipinski definition) is 0. The normalized spacial score (nSPS) is 9.73. The second-order valence-electron chi connectivity index (χ2n) is 2.40. The van der Waals surface area contributed by atoms with Crippen LogP contribution in [0.2, 0.25) is 0 Å². The smallest absolute Gasteiger partial charge is 0.363 e. The first-order valence-corrected chi connectivity index (χ1v) is 4.37. The van der Waals surface area contributed by atoms with Crippen molar-refractivity contribution in [1.82, 2.24) is 10.3 Å². The van der Waals surface area contributed by atoms with E-state index in [0.717, 1.165) is 0 Å². The molecule has 0 aliphatic rings. The van der Waals surface area contributed by atoms with Crippen LogP contribution in [0.15, 0.2) is 4.63 Å². The summed E-state index contributed by atoms with van der Waals surface area (Å²) in [5, 5.41) is 6.55. The Morgan fingerprint density at radius 2 is 1.47 bits per heavy atom. The molecule has 0 unspecified atom stereocenters. The van der Waals surface area contributed by atoms with Crippen molar-refractivity contribution in [2.75, 3.05) is 13.2 Å². The molecule has 82 valence electrons. The van der Waals surface area contributed by atoms with E-state index < -0.39 is 11.9 Å². The largest absolute Gasteiger partial charge is 0.461 e. The number of nitrogens with zero attached hydrogens (tertiary/aromatic N) is 2. The zero-order valence-corrected chi connectivity index (χ0v) is 8.35. The van der Waals surface area contributed by atoms with E-state index in [1.165, 1.54) is 0 Å². The molecule has 0 bridgehead atoms. The first-order valence-electron chi connectivity index (χ1n) is 4.37. The van der Waals surface area contributed by atoms with E-state index in [-0.39, 0.29) is 24.6 Å². The minimum absolute atomic E-state index is 0.175. The van der Waals surface area contributed by atoms with E-state index in [4.69, 9.17) is 0 Å². The number of esters is 2. The van der Waals surface area contributed by atoms with Crippen molar-refractivity contribution in [3.8, 4) is 0 Å². The van der Waals surface area contributed by atoms with E-state index in [2.05, 4.69) is 24.4 Å². The maximum absolute atomic E-state index is 11.2. The van der Waals surface area contributed by atoms with Crippen LogP contribution in [0.3, 0.4) is 0 Å². The SMILES string of the molecule is CCOC(=O)c1nonc1C(=O)OCC. The molecule has 1 heterocycles. The van der Waals surface area contributed by atoms with Crippen LogP contribution in [0, 0.1) is 0 Å². The minimum atomic E-state index is -0.762. The van der Waals surface area contributed by atoms with E-state index in [1.54, 1.807) is 13.8 Å². The Bertz CT molecular complexity index is 327. The Balaban J connectivity index is 2.86. The van der Waals surface area contributed by atoms with Crippen LogP contribution in [0.5, 0.6) is 0 Å². The summed E-state index contributed by atoms with van der Waals surface area (Å²) in [5.74, 6) is -1.52. The summed E-state index contributed by atoms with van der Waals surface area (Å²) in [4.78, 5) is 22.5. The van der Waals surface area contributed by atoms with Gasteiger partial charge in [0, 0.05) is 0 Å². The maximum atomic E-state index is 11.2. The summed E-state index contributed by atoms with van der Waals surface area (Å²) < 4.78 is 13.6. The molecule has 7 heteroatoms. The molecule has 1 rings (SSSR count). The molecule has 0 aliphatic carbocycles. The van der Waals surface area contributed by atoms with Crippen LogP contribution >= 0.6 is 0 Å². The minimum Gasteiger partial charge on any atom is -0.461 e. The van der Waals surface area contributed by atoms with Gasteiger partial charge < -0.3 is 9.47 Å². The molecule has 1 aromatic rings. The predicted molar refractivity (Wildman–Crippen MR) is 46.2 cm³/mol. The van der Waals surface area contributed by atoms with Gasteiger partial charge in [-0.3, -0.25) is 0 Å². The average molecular weight is 214 g/mol. The highest BCUT2D eigenvalue weighted by Crippen LogP contribution is 2.06. The fourth-order valence-electron chi connectivity index (χ4n) is 0.855. The summed E-state index contributed by atoms with van der Waals surface area (Å²) in [7, 11) is 0. The van der Waals surface area contributed by atoms with Crippen molar-refractivity contribution in [3.05, 3.63) is 11.4 Å². The molecule has 7 nitrogen and oxygen atoms in total. The van der Waals surface area contributed by atoms with Crippen molar-refractivity contribution in [2.24, 2.45) is 0 Å². The van der Waals surface area contributed by atoms with Gasteiger partial charge in [0.15, 0.2) is 0 Å². The van der Waals surface area contributed by atoms with Gasteiger partial charge in [-0.25, -0.2) is 14.2 Å². The van der Waals surface area contributed by atoms with Crippen molar-refractivity contribution < 1.29 is 23.7 Å². The second kappa shape index (κ2) is 5.08. The molecule has 0 N–H and O–H groups in total. The third-order valence-electron chi connectivity index (χ3n) is 1.43. The molecular formula is C8H10N2O5. The number of carbonyl (C=O) groups is 2. The van der Waals surface area contributed by atoms with Crippen LogP contribution in [0.4, 0.5) is 0 Å². The van der Waals surface area contributed by atoms with Crippen LogP contribution in [0.1, 0.15) is 34.8 Å². The molecule has 0 amide bonds. The van der Waals surface area contributed by atoms with Crippen LogP contribution in [0.25, 0.3) is 0 Å². The van der Waals surface area contributed by atoms with E-state index >= 15 is 0 Å². The van der Waals surface area contributed by atoms with Gasteiger partial charge in [-0.1, -0.05) is 0 Å². The lowest BCUT2D eigenvalue weighted by atomic mass is 10.3. The molecule has 0 radical (unpaired) electrons. The molecule has 0 saturated carbocycles. The third kappa shape index (κ3) is 2.52. The highest BCUT2D eigenvalue weighted by atomic mass is 16.6. The Hall–Kier alpha value is -1.92. The fourth-order valence-corrected chi connectivity index (χ4v) is 0.855. The van der Waals surface area contributed by atoms with E-state index in [0.29, 0.717) is 0 Å². The number of hydrogen-bond acceptors (Lipinski definition) is 7. The molecule has 0 aromatic carbocycles. The van der Waals surface area contributed by atoms with Gasteiger partial charge in [0.1, 0.15) is 0 Å². The molecule has 1 aromatic heterocycles. The summed E-state index contributed by atoms with van der Waals surface area (Å²) in [6, 6.07) is 0. The zero-order chi connectivity index (χ0) is 11.3. The maximum Gasteiger partial charge on any atom is 0.363 e. The summed E-state index contributed by atoms with van der Waals surface area (Å²) in [5.41, 5.74) is -0.536. The monoisotopic (exact) mass is 214 g/mol. The molecule has 0 fully saturated rings. The van der Waals surface area contributed by atoms with Crippen molar-refractivity contribution in [1.29, 1.82) is 0 Å². The first kappa shape index (κ1) is 11.2. The van der Waals surface area contributed by atoms with Crippen LogP contribution in [-0.4, -0.2) is 35.5 Å². The number of rotatable bonds is 4. The van der Waals surface area contributed by atoms with Crippen LogP contribution in [-0.2, 0) is 9.47 Å². The van der Waals surface area contributed by atoms with E-state index in [1.807, 2.05) is 0 Å². The Morgan fingerprint density at radius 3 is 1.80 bits per heavy atom. The molecular weight excluding hydrogens is 204 g/mol. The quantitative estimate of drug-likeness (QED) is 0.670. The van der Waals surface area contributed by atoms with Crippen molar-refractivity contribution >= 4 is 11.9 Å². The number of aromatic nitrogens is 2. The lowest BCUT2D eigenvalue weighted by Gasteiger charge is -1.99. The highest BCUT2D eigenvalue weighted by Gasteiger charge is 2.25. The Labute approximate surface area is 85.3 Å². The van der Waals surface area contributed by atoms with Gasteiger partial charge in [-0.05, 0) is 24.2 Å². The third-order valence-corrected chi connectivity index (χ3v) is 1.43. The molecule has 15 heavy (non-hydrogen) atoms. The van der Waals surface area contributed by atoms with Gasteiger partial charge >= 0.3 is 11.9 Å². The predicted octanol–water partition coefficient (Wildman–Crippen LogP) is 0.423. The molecule has 0 saturated heterocycles. The van der Waals surface area contributed by atoms with Gasteiger partial charge in [0.2, 0.25) is 11.4 Å². The molecule has 0 aliphatic heterocycles. The summed E-state index contributed by atoms with van der Waals surface area (Å²) in [6.07, 6.45) is 0. The first-order chi connectivity index (χ1) is 7.20. The van der Waals surface area contributed by atoms with Gasteiger partial charge in [-0.2, -0.15) is 0 Å². The van der Waals surface area contributed by atoms with Crippen LogP contribution < -0.4 is 0 Å². The molecule has 0 atom stereocenters. The summed E-state index contributed by atoms with van der Waals surface area (Å²) in [6.45, 7) is 3.62. The second-order valence-corrected chi connectivity index (χ2v) is 2.40. The lowest BCUT2D eigenvalue weighted by Crippen LogP contribution is -2.13. The molecule has 0 spiro atoms. The average Bonchev–Trinajstić information content (AvgIpc) is 2.66.